The molecule has 1 aliphatic carbocycles. The van der Waals surface area contributed by atoms with Crippen molar-refractivity contribution >= 4 is 5.82 Å². The highest BCUT2D eigenvalue weighted by Gasteiger charge is 2.22. The molecule has 1 heterocycles. The van der Waals surface area contributed by atoms with Gasteiger partial charge in [0.15, 0.2) is 0 Å². The maximum absolute atomic E-state index is 6.00. The average Bonchev–Trinajstić information content (AvgIpc) is 2.28. The van der Waals surface area contributed by atoms with Gasteiger partial charge in [-0.3, -0.25) is 0 Å². The molecular formula is C12H20N4. The number of rotatable bonds is 2. The van der Waals surface area contributed by atoms with E-state index in [0.717, 1.165) is 42.9 Å². The summed E-state index contributed by atoms with van der Waals surface area (Å²) in [5, 5.41) is 0. The van der Waals surface area contributed by atoms with Gasteiger partial charge in [0.25, 0.3) is 0 Å². The second-order valence-corrected chi connectivity index (χ2v) is 4.89. The molecule has 0 amide bonds. The Labute approximate surface area is 96.5 Å². The van der Waals surface area contributed by atoms with E-state index >= 15 is 0 Å². The lowest BCUT2D eigenvalue weighted by Crippen LogP contribution is -2.25. The number of aromatic nitrogens is 2. The second kappa shape index (κ2) is 4.37. The van der Waals surface area contributed by atoms with Crippen molar-refractivity contribution in [2.24, 2.45) is 11.7 Å². The third-order valence-electron chi connectivity index (χ3n) is 3.27. The van der Waals surface area contributed by atoms with Gasteiger partial charge in [0, 0.05) is 17.2 Å². The Balaban J connectivity index is 2.36. The molecule has 0 aromatic carbocycles. The van der Waals surface area contributed by atoms with Crippen LogP contribution in [-0.4, -0.2) is 16.5 Å². The van der Waals surface area contributed by atoms with Gasteiger partial charge >= 0.3 is 0 Å². The van der Waals surface area contributed by atoms with Crippen LogP contribution in [0.5, 0.6) is 0 Å². The fourth-order valence-electron chi connectivity index (χ4n) is 2.19. The Kier molecular flexibility index (Phi) is 3.10. The summed E-state index contributed by atoms with van der Waals surface area (Å²) < 4.78 is 0. The first-order valence-electron chi connectivity index (χ1n) is 5.97. The first-order valence-corrected chi connectivity index (χ1v) is 5.97. The topological polar surface area (TPSA) is 77.8 Å². The van der Waals surface area contributed by atoms with E-state index in [1.54, 1.807) is 0 Å². The van der Waals surface area contributed by atoms with E-state index in [-0.39, 0.29) is 0 Å². The van der Waals surface area contributed by atoms with Crippen LogP contribution in [0.2, 0.25) is 0 Å². The lowest BCUT2D eigenvalue weighted by Gasteiger charge is -2.24. The minimum absolute atomic E-state index is 0.333. The summed E-state index contributed by atoms with van der Waals surface area (Å²) in [6, 6.07) is 0. The number of fused-ring (bicyclic) bond motifs is 1. The zero-order valence-corrected chi connectivity index (χ0v) is 10.0. The first kappa shape index (κ1) is 11.3. The molecule has 0 saturated carbocycles. The predicted molar refractivity (Wildman–Crippen MR) is 65.1 cm³/mol. The van der Waals surface area contributed by atoms with Crippen LogP contribution in [0.1, 0.15) is 43.3 Å². The molecule has 0 fully saturated rings. The van der Waals surface area contributed by atoms with Crippen LogP contribution in [0.15, 0.2) is 0 Å². The maximum atomic E-state index is 6.00. The molecule has 0 saturated heterocycles. The Hall–Kier alpha value is -1.16. The number of nitrogens with two attached hydrogens (primary N) is 2. The molecular weight excluding hydrogens is 200 g/mol. The van der Waals surface area contributed by atoms with Gasteiger partial charge < -0.3 is 11.5 Å². The number of hydrogen-bond acceptors (Lipinski definition) is 4. The van der Waals surface area contributed by atoms with Gasteiger partial charge in [-0.15, -0.1) is 0 Å². The van der Waals surface area contributed by atoms with Gasteiger partial charge in [0.05, 0.1) is 0 Å². The lowest BCUT2D eigenvalue weighted by atomic mass is 9.86. The molecule has 0 spiro atoms. The van der Waals surface area contributed by atoms with Crippen molar-refractivity contribution in [2.45, 2.75) is 39.0 Å². The lowest BCUT2D eigenvalue weighted by molar-refractivity contribution is 0.460. The molecule has 1 aromatic rings. The molecule has 4 nitrogen and oxygen atoms in total. The van der Waals surface area contributed by atoms with E-state index in [1.165, 1.54) is 0 Å². The third-order valence-corrected chi connectivity index (χ3v) is 3.27. The number of hydrogen-bond donors (Lipinski definition) is 2. The minimum atomic E-state index is 0.333. The monoisotopic (exact) mass is 220 g/mol. The maximum Gasteiger partial charge on any atom is 0.133 e. The molecule has 0 aliphatic heterocycles. The summed E-state index contributed by atoms with van der Waals surface area (Å²) in [5.41, 5.74) is 14.0. The summed E-state index contributed by atoms with van der Waals surface area (Å²) >= 11 is 0. The van der Waals surface area contributed by atoms with Crippen molar-refractivity contribution in [3.8, 4) is 0 Å². The summed E-state index contributed by atoms with van der Waals surface area (Å²) in [6.07, 6.45) is 3.05. The molecule has 1 aromatic heterocycles. The van der Waals surface area contributed by atoms with Crippen LogP contribution in [0.25, 0.3) is 0 Å². The van der Waals surface area contributed by atoms with E-state index < -0.39 is 0 Å². The average molecular weight is 220 g/mol. The van der Waals surface area contributed by atoms with Crippen molar-refractivity contribution in [1.82, 2.24) is 9.97 Å². The summed E-state index contributed by atoms with van der Waals surface area (Å²) in [5.74, 6) is 2.40. The second-order valence-electron chi connectivity index (χ2n) is 4.89. The van der Waals surface area contributed by atoms with E-state index in [4.69, 9.17) is 11.5 Å². The molecule has 2 rings (SSSR count). The van der Waals surface area contributed by atoms with Crippen LogP contribution in [-0.2, 0) is 12.8 Å². The van der Waals surface area contributed by atoms with Crippen LogP contribution >= 0.6 is 0 Å². The molecule has 16 heavy (non-hydrogen) atoms. The van der Waals surface area contributed by atoms with E-state index in [2.05, 4.69) is 23.8 Å². The van der Waals surface area contributed by atoms with E-state index in [1.807, 2.05) is 0 Å². The zero-order valence-electron chi connectivity index (χ0n) is 10.0. The number of aryl methyl sites for hydroxylation is 1. The SMILES string of the molecule is CC(C)c1nc(N)c2c(n1)CCC(CN)C2. The van der Waals surface area contributed by atoms with Crippen molar-refractivity contribution in [2.75, 3.05) is 12.3 Å². The quantitative estimate of drug-likeness (QED) is 0.786. The number of anilines is 1. The minimum Gasteiger partial charge on any atom is -0.383 e. The molecule has 4 N–H and O–H groups in total. The zero-order chi connectivity index (χ0) is 11.7. The normalized spacial score (nSPS) is 19.9. The molecule has 88 valence electrons. The third kappa shape index (κ3) is 2.02. The number of nitrogen functional groups attached to an aromatic ring is 1. The highest BCUT2D eigenvalue weighted by Crippen LogP contribution is 2.28. The molecule has 1 aliphatic rings. The Morgan fingerprint density at radius 3 is 2.75 bits per heavy atom. The van der Waals surface area contributed by atoms with Gasteiger partial charge in [-0.25, -0.2) is 9.97 Å². The molecule has 4 heteroatoms. The van der Waals surface area contributed by atoms with Gasteiger partial charge in [-0.05, 0) is 31.7 Å². The highest BCUT2D eigenvalue weighted by atomic mass is 15.0. The summed E-state index contributed by atoms with van der Waals surface area (Å²) in [7, 11) is 0. The van der Waals surface area contributed by atoms with Crippen LogP contribution in [0.3, 0.4) is 0 Å². The number of nitrogens with zero attached hydrogens (tertiary/aromatic N) is 2. The first-order chi connectivity index (χ1) is 7.61. The Bertz CT molecular complexity index is 387. The van der Waals surface area contributed by atoms with Crippen molar-refractivity contribution in [1.29, 1.82) is 0 Å². The van der Waals surface area contributed by atoms with Crippen LogP contribution in [0.4, 0.5) is 5.82 Å². The van der Waals surface area contributed by atoms with E-state index in [9.17, 15) is 0 Å². The van der Waals surface area contributed by atoms with Gasteiger partial charge in [0.2, 0.25) is 0 Å². The highest BCUT2D eigenvalue weighted by molar-refractivity contribution is 5.44. The Morgan fingerprint density at radius 1 is 1.38 bits per heavy atom. The van der Waals surface area contributed by atoms with Gasteiger partial charge in [-0.2, -0.15) is 0 Å². The Morgan fingerprint density at radius 2 is 2.12 bits per heavy atom. The summed E-state index contributed by atoms with van der Waals surface area (Å²) in [4.78, 5) is 8.99. The molecule has 0 radical (unpaired) electrons. The predicted octanol–water partition coefficient (Wildman–Crippen LogP) is 1.25. The van der Waals surface area contributed by atoms with Crippen molar-refractivity contribution < 1.29 is 0 Å². The van der Waals surface area contributed by atoms with Crippen LogP contribution < -0.4 is 11.5 Å². The fourth-order valence-corrected chi connectivity index (χ4v) is 2.19. The molecule has 1 unspecified atom stereocenters. The van der Waals surface area contributed by atoms with Crippen molar-refractivity contribution in [3.63, 3.8) is 0 Å². The van der Waals surface area contributed by atoms with Crippen LogP contribution in [0, 0.1) is 5.92 Å². The van der Waals surface area contributed by atoms with Gasteiger partial charge in [-0.1, -0.05) is 13.8 Å². The molecule has 1 atom stereocenters. The standard InChI is InChI=1S/C12H20N4/c1-7(2)12-15-10-4-3-8(6-13)5-9(10)11(14)16-12/h7-8H,3-6,13H2,1-2H3,(H2,14,15,16). The van der Waals surface area contributed by atoms with Gasteiger partial charge in [0.1, 0.15) is 11.6 Å². The van der Waals surface area contributed by atoms with Crippen molar-refractivity contribution in [3.05, 3.63) is 17.1 Å². The fraction of sp³-hybridized carbons (Fsp3) is 0.667. The molecule has 0 bridgehead atoms. The summed E-state index contributed by atoms with van der Waals surface area (Å²) in [6.45, 7) is 4.91. The smallest absolute Gasteiger partial charge is 0.133 e. The largest absolute Gasteiger partial charge is 0.383 e. The van der Waals surface area contributed by atoms with E-state index in [0.29, 0.717) is 17.7 Å².